The van der Waals surface area contributed by atoms with Gasteiger partial charge in [0.15, 0.2) is 5.60 Å². The molecule has 2 aliphatic heterocycles. The van der Waals surface area contributed by atoms with Crippen LogP contribution >= 0.6 is 0 Å². The molecule has 5 rings (SSSR count). The lowest BCUT2D eigenvalue weighted by molar-refractivity contribution is -0.132. The van der Waals surface area contributed by atoms with Gasteiger partial charge >= 0.3 is 23.9 Å². The van der Waals surface area contributed by atoms with Crippen LogP contribution in [-0.2, 0) is 34.7 Å². The minimum Gasteiger partial charge on any atom is -0.456 e. The normalized spacial score (nSPS) is 14.0. The van der Waals surface area contributed by atoms with E-state index in [-0.39, 0.29) is 39.7 Å². The number of hydrogen-bond donors (Lipinski definition) is 0. The summed E-state index contributed by atoms with van der Waals surface area (Å²) in [6.45, 7) is 5.98. The van der Waals surface area contributed by atoms with Gasteiger partial charge in [-0.1, -0.05) is 0 Å². The number of hydrogen-bond acceptors (Lipinski definition) is 11. The maximum atomic E-state index is 13.2. The second kappa shape index (κ2) is 10.0. The van der Waals surface area contributed by atoms with Crippen molar-refractivity contribution in [1.82, 2.24) is 4.31 Å². The monoisotopic (exact) mass is 593 g/mol. The molecule has 3 aromatic rings. The second-order valence-corrected chi connectivity index (χ2v) is 11.5. The Hall–Kier alpha value is -5.17. The molecule has 216 valence electrons. The average molecular weight is 594 g/mol. The fourth-order valence-corrected chi connectivity index (χ4v) is 5.09. The lowest BCUT2D eigenvalue weighted by atomic mass is 9.77. The Bertz CT molecular complexity index is 1760. The summed E-state index contributed by atoms with van der Waals surface area (Å²) >= 11 is 0. The molecule has 13 heteroatoms. The van der Waals surface area contributed by atoms with Crippen LogP contribution in [0.15, 0.2) is 67.1 Å². The van der Waals surface area contributed by atoms with E-state index in [9.17, 15) is 27.6 Å². The Kier molecular flexibility index (Phi) is 6.77. The number of benzene rings is 3. The summed E-state index contributed by atoms with van der Waals surface area (Å²) in [4.78, 5) is 49.5. The third kappa shape index (κ3) is 4.83. The largest absolute Gasteiger partial charge is 0.456 e. The van der Waals surface area contributed by atoms with Crippen molar-refractivity contribution >= 4 is 33.9 Å². The molecule has 12 nitrogen and oxygen atoms in total. The van der Waals surface area contributed by atoms with Crippen LogP contribution < -0.4 is 14.2 Å². The third-order valence-corrected chi connectivity index (χ3v) is 7.77. The van der Waals surface area contributed by atoms with Crippen molar-refractivity contribution in [3.63, 3.8) is 0 Å². The van der Waals surface area contributed by atoms with Crippen molar-refractivity contribution in [2.24, 2.45) is 0 Å². The van der Waals surface area contributed by atoms with Crippen molar-refractivity contribution in [3.8, 4) is 23.0 Å². The summed E-state index contributed by atoms with van der Waals surface area (Å²) in [7, 11) is -2.56. The second-order valence-electron chi connectivity index (χ2n) is 9.45. The van der Waals surface area contributed by atoms with Crippen molar-refractivity contribution in [2.45, 2.75) is 19.4 Å². The van der Waals surface area contributed by atoms with Crippen molar-refractivity contribution in [1.29, 1.82) is 0 Å². The van der Waals surface area contributed by atoms with Crippen LogP contribution in [0.1, 0.15) is 51.3 Å². The minimum atomic E-state index is -3.74. The highest BCUT2D eigenvalue weighted by Gasteiger charge is 2.54. The quantitative estimate of drug-likeness (QED) is 0.234. The summed E-state index contributed by atoms with van der Waals surface area (Å²) in [5.74, 6) is -2.55. The Labute approximate surface area is 240 Å². The number of ether oxygens (including phenoxy) is 5. The zero-order chi connectivity index (χ0) is 30.6. The Morgan fingerprint density at radius 3 is 1.90 bits per heavy atom. The van der Waals surface area contributed by atoms with E-state index in [1.54, 1.807) is 12.1 Å². The van der Waals surface area contributed by atoms with Gasteiger partial charge in [0.2, 0.25) is 15.9 Å². The maximum Gasteiger partial charge on any atom is 0.344 e. The molecule has 0 aromatic heterocycles. The maximum absolute atomic E-state index is 13.2. The van der Waals surface area contributed by atoms with Gasteiger partial charge in [-0.05, 0) is 49.0 Å². The molecule has 0 unspecified atom stereocenters. The lowest BCUT2D eigenvalue weighted by Gasteiger charge is -2.36. The molecule has 1 spiro atoms. The third-order valence-electron chi connectivity index (χ3n) is 6.57. The van der Waals surface area contributed by atoms with Crippen LogP contribution in [0.5, 0.6) is 23.0 Å². The molecule has 0 saturated heterocycles. The van der Waals surface area contributed by atoms with Crippen LogP contribution in [-0.4, -0.2) is 49.9 Å². The van der Waals surface area contributed by atoms with E-state index in [1.807, 2.05) is 0 Å². The zero-order valence-electron chi connectivity index (χ0n) is 22.7. The Balaban J connectivity index is 1.67. The van der Waals surface area contributed by atoms with Gasteiger partial charge in [-0.15, -0.1) is 0 Å². The first kappa shape index (κ1) is 28.4. The number of rotatable bonds is 6. The number of carbonyl (C=O) groups excluding carboxylic acids is 4. The topological polar surface area (TPSA) is 152 Å². The molecule has 0 aliphatic carbocycles. The summed E-state index contributed by atoms with van der Waals surface area (Å²) < 4.78 is 52.2. The number of nitrogens with zero attached hydrogens (tertiary/aromatic N) is 1. The first-order chi connectivity index (χ1) is 19.7. The van der Waals surface area contributed by atoms with Crippen LogP contribution in [0.25, 0.3) is 0 Å². The molecule has 3 aromatic carbocycles. The van der Waals surface area contributed by atoms with E-state index in [1.165, 1.54) is 63.4 Å². The van der Waals surface area contributed by atoms with Gasteiger partial charge in [0.25, 0.3) is 0 Å². The fraction of sp³-hybridized carbons (Fsp3) is 0.172. The summed E-state index contributed by atoms with van der Waals surface area (Å²) in [5.41, 5.74) is -0.566. The first-order valence-electron chi connectivity index (χ1n) is 12.3. The van der Waals surface area contributed by atoms with Gasteiger partial charge in [-0.25, -0.2) is 22.3 Å². The number of fused-ring (bicyclic) bond motifs is 6. The molecule has 42 heavy (non-hydrogen) atoms. The van der Waals surface area contributed by atoms with Crippen molar-refractivity contribution in [2.75, 3.05) is 13.3 Å². The Morgan fingerprint density at radius 2 is 1.40 bits per heavy atom. The average Bonchev–Trinajstić information content (AvgIpc) is 3.18. The standard InChI is InChI=1S/C29H23NO11S/c1-15(30(4)42(5,35)36)37-27(33)18-6-9-21-24(12-18)29(41-28(21)34)22-10-7-19(38-16(2)31)13-25(22)40-26-14-20(39-17(3)32)8-11-23(26)29/h6-14H,1H2,2-5H3. The van der Waals surface area contributed by atoms with Crippen LogP contribution in [0.2, 0.25) is 0 Å². The Morgan fingerprint density at radius 1 is 0.857 bits per heavy atom. The highest BCUT2D eigenvalue weighted by molar-refractivity contribution is 7.88. The van der Waals surface area contributed by atoms with Crippen LogP contribution in [0.3, 0.4) is 0 Å². The predicted molar refractivity (Wildman–Crippen MR) is 144 cm³/mol. The van der Waals surface area contributed by atoms with Crippen LogP contribution in [0, 0.1) is 0 Å². The van der Waals surface area contributed by atoms with Crippen molar-refractivity contribution in [3.05, 3.63) is 94.9 Å². The highest BCUT2D eigenvalue weighted by atomic mass is 32.2. The van der Waals surface area contributed by atoms with E-state index in [4.69, 9.17) is 23.7 Å². The highest BCUT2D eigenvalue weighted by Crippen LogP contribution is 2.57. The molecule has 2 heterocycles. The van der Waals surface area contributed by atoms with E-state index in [0.29, 0.717) is 15.4 Å². The summed E-state index contributed by atoms with van der Waals surface area (Å²) in [6, 6.07) is 13.1. The minimum absolute atomic E-state index is 0.0304. The fourth-order valence-electron chi connectivity index (χ4n) is 4.68. The molecule has 0 N–H and O–H groups in total. The molecule has 0 atom stereocenters. The smallest absolute Gasteiger partial charge is 0.344 e. The zero-order valence-corrected chi connectivity index (χ0v) is 23.6. The molecule has 0 amide bonds. The summed E-state index contributed by atoms with van der Waals surface area (Å²) in [6.07, 6.45) is 0.924. The molecular formula is C29H23NO11S. The molecule has 0 bridgehead atoms. The molecular weight excluding hydrogens is 570 g/mol. The van der Waals surface area contributed by atoms with Gasteiger partial charge in [0.05, 0.1) is 17.4 Å². The van der Waals surface area contributed by atoms with Gasteiger partial charge in [0.1, 0.15) is 23.0 Å². The van der Waals surface area contributed by atoms with Crippen molar-refractivity contribution < 1.29 is 51.3 Å². The number of esters is 4. The van der Waals surface area contributed by atoms with Crippen LogP contribution in [0.4, 0.5) is 0 Å². The van der Waals surface area contributed by atoms with E-state index < -0.39 is 45.4 Å². The van der Waals surface area contributed by atoms with Gasteiger partial charge in [-0.3, -0.25) is 9.59 Å². The molecule has 0 radical (unpaired) electrons. The van der Waals surface area contributed by atoms with E-state index in [2.05, 4.69) is 6.58 Å². The van der Waals surface area contributed by atoms with E-state index >= 15 is 0 Å². The number of sulfonamides is 1. The number of carbonyl (C=O) groups is 4. The lowest BCUT2D eigenvalue weighted by Crippen LogP contribution is -2.33. The molecule has 2 aliphatic rings. The van der Waals surface area contributed by atoms with Gasteiger partial charge < -0.3 is 23.7 Å². The molecule has 0 fully saturated rings. The summed E-state index contributed by atoms with van der Waals surface area (Å²) in [5, 5.41) is 0. The van der Waals surface area contributed by atoms with Gasteiger partial charge in [0, 0.05) is 49.7 Å². The van der Waals surface area contributed by atoms with Gasteiger partial charge in [-0.2, -0.15) is 0 Å². The first-order valence-corrected chi connectivity index (χ1v) is 14.1. The van der Waals surface area contributed by atoms with E-state index in [0.717, 1.165) is 6.26 Å². The SMILES string of the molecule is C=C(OC(=O)c1ccc2c(c1)C1(OC2=O)c2ccc(OC(C)=O)cc2Oc2cc(OC(C)=O)ccc21)N(C)S(C)(=O)=O. The molecule has 0 saturated carbocycles. The predicted octanol–water partition coefficient (Wildman–Crippen LogP) is 3.62.